The summed E-state index contributed by atoms with van der Waals surface area (Å²) in [7, 11) is 0. The summed E-state index contributed by atoms with van der Waals surface area (Å²) in [5, 5.41) is 7.76. The van der Waals surface area contributed by atoms with Gasteiger partial charge in [-0.15, -0.1) is 0 Å². The molecule has 1 unspecified atom stereocenters. The lowest BCUT2D eigenvalue weighted by molar-refractivity contribution is 0.478. The summed E-state index contributed by atoms with van der Waals surface area (Å²) in [5.41, 5.74) is 3.18. The van der Waals surface area contributed by atoms with Crippen LogP contribution in [0.4, 0.5) is 5.82 Å². The molecule has 0 saturated carbocycles. The molecule has 1 aromatic carbocycles. The monoisotopic (exact) mass is 330 g/mol. The highest BCUT2D eigenvalue weighted by molar-refractivity contribution is 6.30. The van der Waals surface area contributed by atoms with Crippen LogP contribution in [0.1, 0.15) is 31.0 Å². The summed E-state index contributed by atoms with van der Waals surface area (Å²) in [6, 6.07) is 8.13. The molecule has 122 valence electrons. The predicted octanol–water partition coefficient (Wildman–Crippen LogP) is 3.83. The molecule has 1 aliphatic rings. The van der Waals surface area contributed by atoms with E-state index in [2.05, 4.69) is 29.5 Å². The second kappa shape index (κ2) is 7.28. The van der Waals surface area contributed by atoms with Crippen molar-refractivity contribution in [3.63, 3.8) is 0 Å². The molecule has 4 nitrogen and oxygen atoms in total. The number of hydrogen-bond donors (Lipinski definition) is 2. The number of hydrogen-bond acceptors (Lipinski definition) is 4. The number of anilines is 1. The maximum Gasteiger partial charge on any atom is 0.161 e. The van der Waals surface area contributed by atoms with Gasteiger partial charge in [0.2, 0.25) is 0 Å². The minimum absolute atomic E-state index is 0.426. The molecule has 1 fully saturated rings. The molecule has 2 heterocycles. The highest BCUT2D eigenvalue weighted by Crippen LogP contribution is 2.25. The number of aromatic nitrogens is 2. The van der Waals surface area contributed by atoms with E-state index in [1.165, 1.54) is 18.4 Å². The molecular weight excluding hydrogens is 308 g/mol. The van der Waals surface area contributed by atoms with Gasteiger partial charge in [-0.05, 0) is 44.9 Å². The van der Waals surface area contributed by atoms with Gasteiger partial charge in [0.15, 0.2) is 5.82 Å². The number of halogens is 1. The number of nitrogens with one attached hydrogen (secondary N) is 2. The summed E-state index contributed by atoms with van der Waals surface area (Å²) in [4.78, 5) is 9.48. The van der Waals surface area contributed by atoms with Gasteiger partial charge in [-0.3, -0.25) is 0 Å². The molecule has 3 rings (SSSR count). The number of rotatable bonds is 4. The van der Waals surface area contributed by atoms with Crippen molar-refractivity contribution in [1.29, 1.82) is 0 Å². The van der Waals surface area contributed by atoms with Gasteiger partial charge in [-0.25, -0.2) is 9.97 Å². The number of piperidine rings is 1. The molecule has 2 N–H and O–H groups in total. The molecule has 0 radical (unpaired) electrons. The van der Waals surface area contributed by atoms with Crippen LogP contribution in [0.25, 0.3) is 11.4 Å². The van der Waals surface area contributed by atoms with E-state index in [-0.39, 0.29) is 0 Å². The van der Waals surface area contributed by atoms with Gasteiger partial charge < -0.3 is 10.6 Å². The van der Waals surface area contributed by atoms with Gasteiger partial charge in [0, 0.05) is 34.4 Å². The number of aryl methyl sites for hydroxylation is 1. The molecular formula is C18H23ClN4. The molecule has 23 heavy (non-hydrogen) atoms. The van der Waals surface area contributed by atoms with Crippen molar-refractivity contribution >= 4 is 17.4 Å². The van der Waals surface area contributed by atoms with Crippen molar-refractivity contribution in [2.24, 2.45) is 0 Å². The van der Waals surface area contributed by atoms with Crippen LogP contribution in [0.2, 0.25) is 5.02 Å². The zero-order valence-electron chi connectivity index (χ0n) is 13.7. The van der Waals surface area contributed by atoms with Gasteiger partial charge in [0.1, 0.15) is 5.82 Å². The van der Waals surface area contributed by atoms with Crippen molar-refractivity contribution < 1.29 is 0 Å². The van der Waals surface area contributed by atoms with Crippen LogP contribution in [0.3, 0.4) is 0 Å². The van der Waals surface area contributed by atoms with E-state index in [9.17, 15) is 0 Å². The first-order valence-corrected chi connectivity index (χ1v) is 8.66. The normalized spacial score (nSPS) is 18.0. The second-order valence-electron chi connectivity index (χ2n) is 6.01. The average molecular weight is 331 g/mol. The van der Waals surface area contributed by atoms with Crippen LogP contribution in [0.15, 0.2) is 24.3 Å². The Labute approximate surface area is 142 Å². The Balaban J connectivity index is 1.96. The van der Waals surface area contributed by atoms with Crippen LogP contribution in [0, 0.1) is 6.92 Å². The lowest BCUT2D eigenvalue weighted by Crippen LogP contribution is -2.39. The smallest absolute Gasteiger partial charge is 0.161 e. The summed E-state index contributed by atoms with van der Waals surface area (Å²) in [5.74, 6) is 1.69. The maximum absolute atomic E-state index is 6.11. The Morgan fingerprint density at radius 3 is 2.91 bits per heavy atom. The summed E-state index contributed by atoms with van der Waals surface area (Å²) in [6.07, 6.45) is 3.29. The number of benzene rings is 1. The van der Waals surface area contributed by atoms with Gasteiger partial charge in [-0.1, -0.05) is 30.7 Å². The molecule has 0 aliphatic carbocycles. The van der Waals surface area contributed by atoms with Crippen LogP contribution < -0.4 is 10.6 Å². The summed E-state index contributed by atoms with van der Waals surface area (Å²) in [6.45, 7) is 6.29. The molecule has 0 spiro atoms. The van der Waals surface area contributed by atoms with E-state index >= 15 is 0 Å². The van der Waals surface area contributed by atoms with E-state index in [4.69, 9.17) is 16.6 Å². The van der Waals surface area contributed by atoms with Gasteiger partial charge >= 0.3 is 0 Å². The fourth-order valence-electron chi connectivity index (χ4n) is 3.06. The SMILES string of the molecule is CCc1c(C)nc(-c2cccc(Cl)c2)nc1NC1CCCNC1. The lowest BCUT2D eigenvalue weighted by Gasteiger charge is -2.26. The third-order valence-electron chi connectivity index (χ3n) is 4.29. The Hall–Kier alpha value is -1.65. The van der Waals surface area contributed by atoms with Crippen LogP contribution in [-0.4, -0.2) is 29.1 Å². The average Bonchev–Trinajstić information content (AvgIpc) is 2.55. The van der Waals surface area contributed by atoms with E-state index in [1.54, 1.807) is 0 Å². The maximum atomic E-state index is 6.11. The Morgan fingerprint density at radius 1 is 1.35 bits per heavy atom. The molecule has 1 atom stereocenters. The third kappa shape index (κ3) is 3.82. The molecule has 0 bridgehead atoms. The first-order chi connectivity index (χ1) is 11.2. The second-order valence-corrected chi connectivity index (χ2v) is 6.45. The lowest BCUT2D eigenvalue weighted by atomic mass is 10.1. The van der Waals surface area contributed by atoms with Crippen LogP contribution >= 0.6 is 11.6 Å². The van der Waals surface area contributed by atoms with E-state index in [1.807, 2.05) is 24.3 Å². The first-order valence-electron chi connectivity index (χ1n) is 8.28. The highest BCUT2D eigenvalue weighted by Gasteiger charge is 2.17. The van der Waals surface area contributed by atoms with Crippen LogP contribution in [0.5, 0.6) is 0 Å². The zero-order valence-corrected chi connectivity index (χ0v) is 14.5. The molecule has 1 aliphatic heterocycles. The Kier molecular flexibility index (Phi) is 5.13. The van der Waals surface area contributed by atoms with E-state index in [0.29, 0.717) is 11.1 Å². The molecule has 5 heteroatoms. The fourth-order valence-corrected chi connectivity index (χ4v) is 3.25. The van der Waals surface area contributed by atoms with Crippen molar-refractivity contribution in [2.75, 3.05) is 18.4 Å². The molecule has 2 aromatic rings. The minimum Gasteiger partial charge on any atom is -0.366 e. The van der Waals surface area contributed by atoms with E-state index in [0.717, 1.165) is 42.4 Å². The first kappa shape index (κ1) is 16.2. The highest BCUT2D eigenvalue weighted by atomic mass is 35.5. The molecule has 0 amide bonds. The van der Waals surface area contributed by atoms with Crippen molar-refractivity contribution in [2.45, 2.75) is 39.2 Å². The summed E-state index contributed by atoms with van der Waals surface area (Å²) < 4.78 is 0. The topological polar surface area (TPSA) is 49.8 Å². The molecule has 1 aromatic heterocycles. The largest absolute Gasteiger partial charge is 0.366 e. The third-order valence-corrected chi connectivity index (χ3v) is 4.52. The van der Waals surface area contributed by atoms with E-state index < -0.39 is 0 Å². The minimum atomic E-state index is 0.426. The van der Waals surface area contributed by atoms with Gasteiger partial charge in [0.05, 0.1) is 0 Å². The Bertz CT molecular complexity index is 681. The predicted molar refractivity (Wildman–Crippen MR) is 96.1 cm³/mol. The Morgan fingerprint density at radius 2 is 2.22 bits per heavy atom. The van der Waals surface area contributed by atoms with Crippen molar-refractivity contribution in [1.82, 2.24) is 15.3 Å². The standard InChI is InChI=1S/C18H23ClN4/c1-3-16-12(2)21-17(13-6-4-7-14(19)10-13)23-18(16)22-15-8-5-9-20-11-15/h4,6-7,10,15,20H,3,5,8-9,11H2,1-2H3,(H,21,22,23). The van der Waals surface area contributed by atoms with Crippen molar-refractivity contribution in [3.8, 4) is 11.4 Å². The molecule has 1 saturated heterocycles. The number of nitrogens with zero attached hydrogens (tertiary/aromatic N) is 2. The summed E-state index contributed by atoms with van der Waals surface area (Å²) >= 11 is 6.11. The van der Waals surface area contributed by atoms with Crippen LogP contribution in [-0.2, 0) is 6.42 Å². The van der Waals surface area contributed by atoms with Crippen molar-refractivity contribution in [3.05, 3.63) is 40.5 Å². The quantitative estimate of drug-likeness (QED) is 0.894. The fraction of sp³-hybridized carbons (Fsp3) is 0.444. The van der Waals surface area contributed by atoms with Gasteiger partial charge in [0.25, 0.3) is 0 Å². The van der Waals surface area contributed by atoms with Gasteiger partial charge in [-0.2, -0.15) is 0 Å². The zero-order chi connectivity index (χ0) is 16.2.